The maximum Gasteiger partial charge on any atom is 0.314 e. The average molecular weight is 300 g/mol. The molecule has 1 aromatic carbocycles. The molecule has 0 aliphatic heterocycles. The summed E-state index contributed by atoms with van der Waals surface area (Å²) in [7, 11) is 2.73. The lowest BCUT2D eigenvalue weighted by molar-refractivity contribution is -0.143. The zero-order valence-corrected chi connectivity index (χ0v) is 12.0. The molecule has 1 saturated carbocycles. The summed E-state index contributed by atoms with van der Waals surface area (Å²) in [6.07, 6.45) is -0.382. The Morgan fingerprint density at radius 3 is 2.29 bits per heavy atom. The number of benzene rings is 1. The molecule has 0 heterocycles. The molecule has 0 atom stereocenters. The van der Waals surface area contributed by atoms with Crippen LogP contribution in [0.3, 0.4) is 0 Å². The summed E-state index contributed by atoms with van der Waals surface area (Å²) in [6.45, 7) is 0. The monoisotopic (exact) mass is 300 g/mol. The molecule has 0 saturated heterocycles. The number of aliphatic carboxylic acids is 1. The molecule has 0 radical (unpaired) electrons. The van der Waals surface area contributed by atoms with Gasteiger partial charge in [-0.25, -0.2) is 8.78 Å². The van der Waals surface area contributed by atoms with E-state index in [4.69, 9.17) is 9.47 Å². The summed E-state index contributed by atoms with van der Waals surface area (Å²) in [4.78, 5) is 11.8. The van der Waals surface area contributed by atoms with Crippen molar-refractivity contribution in [2.45, 2.75) is 37.5 Å². The zero-order valence-electron chi connectivity index (χ0n) is 12.0. The van der Waals surface area contributed by atoms with Crippen LogP contribution in [0.25, 0.3) is 0 Å². The number of methoxy groups -OCH3 is 2. The molecule has 21 heavy (non-hydrogen) atoms. The minimum absolute atomic E-state index is 0.137. The van der Waals surface area contributed by atoms with Gasteiger partial charge < -0.3 is 14.6 Å². The molecule has 1 fully saturated rings. The van der Waals surface area contributed by atoms with Crippen LogP contribution in [0.5, 0.6) is 11.5 Å². The van der Waals surface area contributed by atoms with E-state index in [1.807, 2.05) is 0 Å². The first-order chi connectivity index (χ1) is 9.96. The van der Waals surface area contributed by atoms with Crippen LogP contribution in [0, 0.1) is 0 Å². The van der Waals surface area contributed by atoms with Crippen molar-refractivity contribution in [3.8, 4) is 11.5 Å². The first kappa shape index (κ1) is 15.5. The number of hydrogen-bond acceptors (Lipinski definition) is 3. The third kappa shape index (κ3) is 2.54. The van der Waals surface area contributed by atoms with Gasteiger partial charge in [-0.1, -0.05) is 12.8 Å². The normalized spacial score (nSPS) is 17.0. The number of carboxylic acid groups (broad SMARTS) is 1. The lowest BCUT2D eigenvalue weighted by atomic mass is 9.77. The highest BCUT2D eigenvalue weighted by molar-refractivity contribution is 5.83. The summed E-state index contributed by atoms with van der Waals surface area (Å²) >= 11 is 0. The topological polar surface area (TPSA) is 55.8 Å². The van der Waals surface area contributed by atoms with Crippen LogP contribution < -0.4 is 9.47 Å². The van der Waals surface area contributed by atoms with E-state index in [1.165, 1.54) is 26.4 Å². The summed E-state index contributed by atoms with van der Waals surface area (Å²) in [5.41, 5.74) is -1.15. The van der Waals surface area contributed by atoms with E-state index < -0.39 is 17.8 Å². The Bertz CT molecular complexity index is 537. The largest absolute Gasteiger partial charge is 0.493 e. The standard InChI is InChI=1S/C15H18F2O4/c1-20-11-8-9(13(16)17)7-10(12(11)21-2)15(14(18)19)5-3-4-6-15/h7-8,13H,3-6H2,1-2H3,(H,18,19). The van der Waals surface area contributed by atoms with E-state index in [9.17, 15) is 18.7 Å². The SMILES string of the molecule is COc1cc(C(F)F)cc(C2(C(=O)O)CCCC2)c1OC. The van der Waals surface area contributed by atoms with Gasteiger partial charge in [-0.05, 0) is 25.0 Å². The van der Waals surface area contributed by atoms with Gasteiger partial charge in [0.15, 0.2) is 11.5 Å². The third-order valence-electron chi connectivity index (χ3n) is 4.14. The van der Waals surface area contributed by atoms with E-state index in [0.29, 0.717) is 12.8 Å². The van der Waals surface area contributed by atoms with Gasteiger partial charge in [0.1, 0.15) is 0 Å². The Labute approximate surface area is 121 Å². The number of alkyl halides is 2. The molecule has 1 aromatic rings. The van der Waals surface area contributed by atoms with E-state index in [1.54, 1.807) is 0 Å². The first-order valence-corrected chi connectivity index (χ1v) is 6.74. The van der Waals surface area contributed by atoms with Gasteiger partial charge in [0.05, 0.1) is 19.6 Å². The van der Waals surface area contributed by atoms with Gasteiger partial charge in [0.2, 0.25) is 0 Å². The van der Waals surface area contributed by atoms with Gasteiger partial charge in [0, 0.05) is 11.1 Å². The quantitative estimate of drug-likeness (QED) is 0.903. The molecule has 4 nitrogen and oxygen atoms in total. The van der Waals surface area contributed by atoms with Crippen LogP contribution in [0.4, 0.5) is 8.78 Å². The molecule has 1 aliphatic rings. The summed E-state index contributed by atoms with van der Waals surface area (Å²) in [5.74, 6) is -0.643. The van der Waals surface area contributed by atoms with Gasteiger partial charge in [-0.3, -0.25) is 4.79 Å². The molecule has 0 spiro atoms. The third-order valence-corrected chi connectivity index (χ3v) is 4.14. The van der Waals surface area contributed by atoms with Crippen molar-refractivity contribution in [2.24, 2.45) is 0 Å². The van der Waals surface area contributed by atoms with Gasteiger partial charge in [0.25, 0.3) is 6.43 Å². The van der Waals surface area contributed by atoms with Crippen molar-refractivity contribution >= 4 is 5.97 Å². The molecular formula is C15H18F2O4. The molecule has 6 heteroatoms. The number of carboxylic acids is 1. The fourth-order valence-electron chi connectivity index (χ4n) is 3.04. The molecule has 1 N–H and O–H groups in total. The Hall–Kier alpha value is -1.85. The predicted octanol–water partition coefficient (Wildman–Crippen LogP) is 3.54. The van der Waals surface area contributed by atoms with Gasteiger partial charge in [-0.2, -0.15) is 0 Å². The second-order valence-electron chi connectivity index (χ2n) is 5.20. The fraction of sp³-hybridized carbons (Fsp3) is 0.533. The lowest BCUT2D eigenvalue weighted by Crippen LogP contribution is -2.33. The Morgan fingerprint density at radius 2 is 1.86 bits per heavy atom. The predicted molar refractivity (Wildman–Crippen MR) is 72.3 cm³/mol. The second kappa shape index (κ2) is 5.87. The molecule has 0 bridgehead atoms. The highest BCUT2D eigenvalue weighted by Crippen LogP contribution is 2.49. The van der Waals surface area contributed by atoms with E-state index in [0.717, 1.165) is 12.8 Å². The van der Waals surface area contributed by atoms with Crippen LogP contribution in [0.1, 0.15) is 43.2 Å². The van der Waals surface area contributed by atoms with Crippen LogP contribution in [0.15, 0.2) is 12.1 Å². The fourth-order valence-corrected chi connectivity index (χ4v) is 3.04. The molecular weight excluding hydrogens is 282 g/mol. The highest BCUT2D eigenvalue weighted by Gasteiger charge is 2.46. The van der Waals surface area contributed by atoms with Gasteiger partial charge in [-0.15, -0.1) is 0 Å². The van der Waals surface area contributed by atoms with Crippen molar-refractivity contribution in [1.82, 2.24) is 0 Å². The van der Waals surface area contributed by atoms with Crippen LogP contribution >= 0.6 is 0 Å². The zero-order chi connectivity index (χ0) is 15.6. The molecule has 2 rings (SSSR count). The molecule has 116 valence electrons. The molecule has 1 aliphatic carbocycles. The van der Waals surface area contributed by atoms with Crippen LogP contribution in [-0.2, 0) is 10.2 Å². The minimum Gasteiger partial charge on any atom is -0.493 e. The molecule has 0 amide bonds. The van der Waals surface area contributed by atoms with E-state index in [2.05, 4.69) is 0 Å². The number of rotatable bonds is 5. The van der Waals surface area contributed by atoms with Crippen molar-refractivity contribution in [3.05, 3.63) is 23.3 Å². The number of ether oxygens (including phenoxy) is 2. The average Bonchev–Trinajstić information content (AvgIpc) is 2.96. The van der Waals surface area contributed by atoms with E-state index in [-0.39, 0.29) is 22.6 Å². The second-order valence-corrected chi connectivity index (χ2v) is 5.20. The van der Waals surface area contributed by atoms with Crippen molar-refractivity contribution in [3.63, 3.8) is 0 Å². The Kier molecular flexibility index (Phi) is 4.34. The first-order valence-electron chi connectivity index (χ1n) is 6.74. The van der Waals surface area contributed by atoms with Crippen LogP contribution in [-0.4, -0.2) is 25.3 Å². The smallest absolute Gasteiger partial charge is 0.314 e. The van der Waals surface area contributed by atoms with Crippen molar-refractivity contribution in [2.75, 3.05) is 14.2 Å². The number of carbonyl (C=O) groups is 1. The maximum absolute atomic E-state index is 13.1. The minimum atomic E-state index is -2.70. The molecule has 0 aromatic heterocycles. The Balaban J connectivity index is 2.70. The summed E-state index contributed by atoms with van der Waals surface area (Å²) in [5, 5.41) is 9.65. The number of halogens is 2. The highest BCUT2D eigenvalue weighted by atomic mass is 19.3. The number of hydrogen-bond donors (Lipinski definition) is 1. The maximum atomic E-state index is 13.1. The Morgan fingerprint density at radius 1 is 1.24 bits per heavy atom. The van der Waals surface area contributed by atoms with Crippen molar-refractivity contribution < 1.29 is 28.2 Å². The van der Waals surface area contributed by atoms with Gasteiger partial charge >= 0.3 is 5.97 Å². The summed E-state index contributed by atoms with van der Waals surface area (Å²) in [6, 6.07) is 2.43. The van der Waals surface area contributed by atoms with E-state index >= 15 is 0 Å². The molecule has 0 unspecified atom stereocenters. The van der Waals surface area contributed by atoms with Crippen LogP contribution in [0.2, 0.25) is 0 Å². The summed E-state index contributed by atoms with van der Waals surface area (Å²) < 4.78 is 36.5. The lowest BCUT2D eigenvalue weighted by Gasteiger charge is -2.28. The van der Waals surface area contributed by atoms with Crippen molar-refractivity contribution in [1.29, 1.82) is 0 Å².